The zero-order valence-electron chi connectivity index (χ0n) is 11.1. The molecule has 0 bridgehead atoms. The van der Waals surface area contributed by atoms with Crippen LogP contribution in [0.5, 0.6) is 0 Å². The average molecular weight is 267 g/mol. The van der Waals surface area contributed by atoms with Gasteiger partial charge < -0.3 is 10.6 Å². The van der Waals surface area contributed by atoms with E-state index in [0.717, 1.165) is 54.5 Å². The van der Waals surface area contributed by atoms with Gasteiger partial charge in [0, 0.05) is 13.1 Å². The third-order valence-electron chi connectivity index (χ3n) is 3.57. The molecular formula is C13H21N3OS. The maximum atomic E-state index is 12.4. The molecule has 0 aromatic carbocycles. The lowest BCUT2D eigenvalue weighted by Crippen LogP contribution is -2.38. The van der Waals surface area contributed by atoms with Crippen molar-refractivity contribution in [3.05, 3.63) is 15.6 Å². The van der Waals surface area contributed by atoms with Crippen LogP contribution in [0.1, 0.15) is 39.6 Å². The largest absolute Gasteiger partial charge is 0.338 e. The Morgan fingerprint density at radius 2 is 2.11 bits per heavy atom. The van der Waals surface area contributed by atoms with Crippen molar-refractivity contribution in [2.24, 2.45) is 11.7 Å². The van der Waals surface area contributed by atoms with E-state index in [9.17, 15) is 4.79 Å². The van der Waals surface area contributed by atoms with Crippen molar-refractivity contribution in [1.82, 2.24) is 9.88 Å². The van der Waals surface area contributed by atoms with Gasteiger partial charge in [0.15, 0.2) is 0 Å². The highest BCUT2D eigenvalue weighted by Gasteiger charge is 2.25. The van der Waals surface area contributed by atoms with Crippen molar-refractivity contribution < 1.29 is 4.79 Å². The minimum Gasteiger partial charge on any atom is -0.338 e. The number of rotatable bonds is 3. The monoisotopic (exact) mass is 267 g/mol. The molecule has 18 heavy (non-hydrogen) atoms. The minimum atomic E-state index is 0.157. The number of carbonyl (C=O) groups excluding carboxylic acids is 1. The number of carbonyl (C=O) groups is 1. The lowest BCUT2D eigenvalue weighted by Gasteiger charge is -2.31. The third-order valence-corrected chi connectivity index (χ3v) is 4.64. The number of hydrogen-bond donors (Lipinski definition) is 1. The molecule has 2 rings (SSSR count). The molecule has 2 N–H and O–H groups in total. The molecule has 1 aliphatic rings. The molecule has 1 aliphatic heterocycles. The van der Waals surface area contributed by atoms with Crippen LogP contribution in [0.4, 0.5) is 0 Å². The van der Waals surface area contributed by atoms with E-state index < -0.39 is 0 Å². The average Bonchev–Trinajstić information content (AvgIpc) is 2.69. The smallest absolute Gasteiger partial charge is 0.265 e. The summed E-state index contributed by atoms with van der Waals surface area (Å²) >= 11 is 1.50. The molecule has 1 fully saturated rings. The second-order valence-corrected chi connectivity index (χ2v) is 6.16. The molecule has 5 heteroatoms. The van der Waals surface area contributed by atoms with E-state index in [0.29, 0.717) is 5.92 Å². The van der Waals surface area contributed by atoms with Gasteiger partial charge in [-0.15, -0.1) is 11.3 Å². The van der Waals surface area contributed by atoms with Gasteiger partial charge in [0.05, 0.1) is 10.7 Å². The zero-order chi connectivity index (χ0) is 13.1. The third kappa shape index (κ3) is 2.90. The van der Waals surface area contributed by atoms with Gasteiger partial charge in [-0.25, -0.2) is 4.98 Å². The van der Waals surface area contributed by atoms with E-state index in [1.807, 2.05) is 18.7 Å². The number of likely N-dealkylation sites (tertiary alicyclic amines) is 1. The van der Waals surface area contributed by atoms with Gasteiger partial charge in [-0.2, -0.15) is 0 Å². The van der Waals surface area contributed by atoms with Crippen molar-refractivity contribution in [3.8, 4) is 0 Å². The van der Waals surface area contributed by atoms with Gasteiger partial charge in [0.1, 0.15) is 4.88 Å². The summed E-state index contributed by atoms with van der Waals surface area (Å²) in [5.74, 6) is 0.854. The molecule has 2 heterocycles. The zero-order valence-corrected chi connectivity index (χ0v) is 11.9. The maximum Gasteiger partial charge on any atom is 0.265 e. The van der Waals surface area contributed by atoms with Crippen molar-refractivity contribution in [2.45, 2.75) is 33.1 Å². The first kappa shape index (κ1) is 13.5. The van der Waals surface area contributed by atoms with Crippen LogP contribution in [0.15, 0.2) is 0 Å². The Morgan fingerprint density at radius 3 is 2.61 bits per heavy atom. The van der Waals surface area contributed by atoms with Crippen LogP contribution < -0.4 is 5.73 Å². The minimum absolute atomic E-state index is 0.157. The van der Waals surface area contributed by atoms with Crippen molar-refractivity contribution in [1.29, 1.82) is 0 Å². The number of thiazole rings is 1. The molecule has 100 valence electrons. The molecule has 1 aromatic heterocycles. The molecule has 1 saturated heterocycles. The van der Waals surface area contributed by atoms with E-state index >= 15 is 0 Å². The molecule has 1 aromatic rings. The van der Waals surface area contributed by atoms with Crippen molar-refractivity contribution >= 4 is 17.2 Å². The molecule has 4 nitrogen and oxygen atoms in total. The number of aryl methyl sites for hydroxylation is 2. The Labute approximate surface area is 112 Å². The maximum absolute atomic E-state index is 12.4. The summed E-state index contributed by atoms with van der Waals surface area (Å²) in [6, 6.07) is 0. The van der Waals surface area contributed by atoms with Crippen LogP contribution in [0.2, 0.25) is 0 Å². The van der Waals surface area contributed by atoms with Crippen LogP contribution >= 0.6 is 11.3 Å². The Kier molecular flexibility index (Phi) is 4.35. The number of piperidine rings is 1. The van der Waals surface area contributed by atoms with Gasteiger partial charge >= 0.3 is 0 Å². The normalized spacial score (nSPS) is 17.2. The molecule has 1 amide bonds. The molecular weight excluding hydrogens is 246 g/mol. The van der Waals surface area contributed by atoms with E-state index in [2.05, 4.69) is 4.98 Å². The van der Waals surface area contributed by atoms with Crippen molar-refractivity contribution in [3.63, 3.8) is 0 Å². The second kappa shape index (κ2) is 5.80. The number of hydrogen-bond acceptors (Lipinski definition) is 4. The first-order chi connectivity index (χ1) is 8.61. The highest BCUT2D eigenvalue weighted by atomic mass is 32.1. The fourth-order valence-electron chi connectivity index (χ4n) is 2.53. The number of nitrogens with zero attached hydrogens (tertiary/aromatic N) is 2. The fraction of sp³-hybridized carbons (Fsp3) is 0.692. The van der Waals surface area contributed by atoms with Crippen LogP contribution in [0.3, 0.4) is 0 Å². The van der Waals surface area contributed by atoms with Gasteiger partial charge in [-0.1, -0.05) is 0 Å². The Morgan fingerprint density at radius 1 is 1.44 bits per heavy atom. The van der Waals surface area contributed by atoms with Gasteiger partial charge in [-0.3, -0.25) is 4.79 Å². The van der Waals surface area contributed by atoms with Crippen LogP contribution in [-0.2, 0) is 0 Å². The summed E-state index contributed by atoms with van der Waals surface area (Å²) in [5, 5.41) is 0.967. The van der Waals surface area contributed by atoms with E-state index in [1.54, 1.807) is 0 Å². The Balaban J connectivity index is 1.97. The predicted octanol–water partition coefficient (Wildman–Crippen LogP) is 1.96. The Bertz CT molecular complexity index is 422. The van der Waals surface area contributed by atoms with E-state index in [1.165, 1.54) is 11.3 Å². The first-order valence-corrected chi connectivity index (χ1v) is 7.37. The molecule has 0 unspecified atom stereocenters. The first-order valence-electron chi connectivity index (χ1n) is 6.55. The summed E-state index contributed by atoms with van der Waals surface area (Å²) in [4.78, 5) is 19.5. The lowest BCUT2D eigenvalue weighted by atomic mass is 9.93. The highest BCUT2D eigenvalue weighted by molar-refractivity contribution is 7.13. The number of amides is 1. The topological polar surface area (TPSA) is 59.2 Å². The van der Waals surface area contributed by atoms with Crippen LogP contribution in [0, 0.1) is 19.8 Å². The highest BCUT2D eigenvalue weighted by Crippen LogP contribution is 2.24. The number of nitrogens with two attached hydrogens (primary N) is 1. The van der Waals surface area contributed by atoms with E-state index in [-0.39, 0.29) is 5.91 Å². The predicted molar refractivity (Wildman–Crippen MR) is 73.9 cm³/mol. The quantitative estimate of drug-likeness (QED) is 0.910. The number of aromatic nitrogens is 1. The van der Waals surface area contributed by atoms with E-state index in [4.69, 9.17) is 5.73 Å². The fourth-order valence-corrected chi connectivity index (χ4v) is 3.42. The van der Waals surface area contributed by atoms with Gasteiger partial charge in [0.2, 0.25) is 0 Å². The lowest BCUT2D eigenvalue weighted by molar-refractivity contribution is 0.0692. The summed E-state index contributed by atoms with van der Waals surface area (Å²) in [7, 11) is 0. The molecule has 0 atom stereocenters. The summed E-state index contributed by atoms with van der Waals surface area (Å²) in [6.45, 7) is 6.34. The van der Waals surface area contributed by atoms with Crippen LogP contribution in [0.25, 0.3) is 0 Å². The molecule has 0 radical (unpaired) electrons. The standard InChI is InChI=1S/C13H21N3OS/c1-9-12(18-10(2)15-9)13(17)16-7-4-11(3-6-14)5-8-16/h11H,3-8,14H2,1-2H3. The summed E-state index contributed by atoms with van der Waals surface area (Å²) in [6.07, 6.45) is 3.25. The molecule has 0 saturated carbocycles. The van der Waals surface area contributed by atoms with Crippen molar-refractivity contribution in [2.75, 3.05) is 19.6 Å². The second-order valence-electron chi connectivity index (χ2n) is 4.96. The molecule has 0 aliphatic carbocycles. The Hall–Kier alpha value is -0.940. The summed E-state index contributed by atoms with van der Waals surface area (Å²) < 4.78 is 0. The summed E-state index contributed by atoms with van der Waals surface area (Å²) in [5.41, 5.74) is 6.45. The van der Waals surface area contributed by atoms with Gasteiger partial charge in [-0.05, 0) is 45.6 Å². The van der Waals surface area contributed by atoms with Crippen LogP contribution in [-0.4, -0.2) is 35.4 Å². The van der Waals surface area contributed by atoms with Gasteiger partial charge in [0.25, 0.3) is 5.91 Å². The molecule has 0 spiro atoms. The SMILES string of the molecule is Cc1nc(C)c(C(=O)N2CCC(CCN)CC2)s1.